The number of hydrogen-bond donors (Lipinski definition) is 1. The van der Waals surface area contributed by atoms with E-state index in [1.54, 1.807) is 23.4 Å². The summed E-state index contributed by atoms with van der Waals surface area (Å²) in [4.78, 5) is 26.0. The van der Waals surface area contributed by atoms with E-state index in [1.807, 2.05) is 56.5 Å². The lowest BCUT2D eigenvalue weighted by Gasteiger charge is -2.26. The lowest BCUT2D eigenvalue weighted by molar-refractivity contribution is 0.0981. The van der Waals surface area contributed by atoms with Crippen LogP contribution in [0.2, 0.25) is 0 Å². The van der Waals surface area contributed by atoms with Crippen molar-refractivity contribution in [1.29, 1.82) is 0 Å². The van der Waals surface area contributed by atoms with Crippen LogP contribution < -0.4 is 9.80 Å². The molecule has 0 aliphatic heterocycles. The lowest BCUT2D eigenvalue weighted by Crippen LogP contribution is -2.37. The van der Waals surface area contributed by atoms with Gasteiger partial charge in [0.15, 0.2) is 0 Å². The van der Waals surface area contributed by atoms with Crippen LogP contribution in [0, 0.1) is 5.82 Å². The van der Waals surface area contributed by atoms with Crippen LogP contribution in [0.15, 0.2) is 61.1 Å². The second-order valence-corrected chi connectivity index (χ2v) is 7.18. The van der Waals surface area contributed by atoms with Gasteiger partial charge in [0.05, 0.1) is 24.1 Å². The molecule has 7 heteroatoms. The Kier molecular flexibility index (Phi) is 6.61. The molecule has 1 N–H and O–H groups in total. The van der Waals surface area contributed by atoms with Gasteiger partial charge in [-0.1, -0.05) is 18.2 Å². The molecule has 1 amide bonds. The average Bonchev–Trinajstić information content (AvgIpc) is 3.21. The Morgan fingerprint density at radius 1 is 1.03 bits per heavy atom. The van der Waals surface area contributed by atoms with Gasteiger partial charge in [0.2, 0.25) is 0 Å². The van der Waals surface area contributed by atoms with Gasteiger partial charge in [-0.15, -0.1) is 0 Å². The van der Waals surface area contributed by atoms with Gasteiger partial charge in [-0.2, -0.15) is 0 Å². The first-order chi connectivity index (χ1) is 14.0. The summed E-state index contributed by atoms with van der Waals surface area (Å²) in [6.45, 7) is 1.74. The minimum Gasteiger partial charge on any atom is -0.369 e. The van der Waals surface area contributed by atoms with Gasteiger partial charge in [0.1, 0.15) is 5.82 Å². The van der Waals surface area contributed by atoms with Crippen LogP contribution in [-0.2, 0) is 6.54 Å². The number of H-pyrrole nitrogens is 1. The number of aromatic nitrogens is 2. The lowest BCUT2D eigenvalue weighted by atomic mass is 10.1. The highest BCUT2D eigenvalue weighted by molar-refractivity contribution is 6.06. The Morgan fingerprint density at radius 3 is 2.48 bits per heavy atom. The smallest absolute Gasteiger partial charge is 0.261 e. The zero-order valence-electron chi connectivity index (χ0n) is 17.0. The van der Waals surface area contributed by atoms with Crippen LogP contribution in [0.25, 0.3) is 0 Å². The SMILES string of the molecule is CN(C)CCN(C(=O)c1ccccc1F)c1cccc(N(C)Cc2c[nH]cn2)c1. The quantitative estimate of drug-likeness (QED) is 0.635. The number of benzene rings is 2. The van der Waals surface area contributed by atoms with E-state index in [0.29, 0.717) is 19.6 Å². The van der Waals surface area contributed by atoms with Gasteiger partial charge in [-0.05, 0) is 44.4 Å². The van der Waals surface area contributed by atoms with Crippen LogP contribution in [0.1, 0.15) is 16.1 Å². The largest absolute Gasteiger partial charge is 0.369 e. The summed E-state index contributed by atoms with van der Waals surface area (Å²) < 4.78 is 14.3. The highest BCUT2D eigenvalue weighted by Gasteiger charge is 2.21. The normalized spacial score (nSPS) is 10.9. The first kappa shape index (κ1) is 20.5. The van der Waals surface area contributed by atoms with Crippen molar-refractivity contribution < 1.29 is 9.18 Å². The third-order valence-corrected chi connectivity index (χ3v) is 4.66. The second kappa shape index (κ2) is 9.34. The number of anilines is 2. The molecule has 3 rings (SSSR count). The predicted molar refractivity (Wildman–Crippen MR) is 114 cm³/mol. The van der Waals surface area contributed by atoms with Gasteiger partial charge in [0, 0.05) is 37.7 Å². The maximum absolute atomic E-state index is 14.3. The van der Waals surface area contributed by atoms with E-state index in [0.717, 1.165) is 17.1 Å². The van der Waals surface area contributed by atoms with Crippen LogP contribution in [0.5, 0.6) is 0 Å². The highest BCUT2D eigenvalue weighted by atomic mass is 19.1. The third-order valence-electron chi connectivity index (χ3n) is 4.66. The van der Waals surface area contributed by atoms with Gasteiger partial charge in [0.25, 0.3) is 5.91 Å². The fourth-order valence-corrected chi connectivity index (χ4v) is 3.04. The Balaban J connectivity index is 1.89. The Hall–Kier alpha value is -3.19. The summed E-state index contributed by atoms with van der Waals surface area (Å²) in [7, 11) is 5.86. The standard InChI is InChI=1S/C22H26FN5O/c1-26(2)11-12-28(22(29)20-9-4-5-10-21(20)23)19-8-6-7-18(13-19)27(3)15-17-14-24-16-25-17/h4-10,13-14,16H,11-12,15H2,1-3H3,(H,24,25). The number of nitrogens with zero attached hydrogens (tertiary/aromatic N) is 4. The molecular formula is C22H26FN5O. The minimum absolute atomic E-state index is 0.0709. The van der Waals surface area contributed by atoms with Gasteiger partial charge < -0.3 is 19.7 Å². The maximum Gasteiger partial charge on any atom is 0.261 e. The molecule has 152 valence electrons. The molecule has 29 heavy (non-hydrogen) atoms. The Morgan fingerprint density at radius 2 is 1.79 bits per heavy atom. The second-order valence-electron chi connectivity index (χ2n) is 7.18. The van der Waals surface area contributed by atoms with E-state index < -0.39 is 5.82 Å². The number of carbonyl (C=O) groups excluding carboxylic acids is 1. The molecule has 0 atom stereocenters. The van der Waals surface area contributed by atoms with Gasteiger partial charge in [-0.3, -0.25) is 4.79 Å². The predicted octanol–water partition coefficient (Wildman–Crippen LogP) is 3.39. The van der Waals surface area contributed by atoms with Crippen molar-refractivity contribution in [3.63, 3.8) is 0 Å². The van der Waals surface area contributed by atoms with Gasteiger partial charge >= 0.3 is 0 Å². The molecule has 0 radical (unpaired) electrons. The topological polar surface area (TPSA) is 55.5 Å². The molecule has 3 aromatic rings. The molecule has 0 aliphatic rings. The van der Waals surface area contributed by atoms with E-state index in [2.05, 4.69) is 14.9 Å². The number of nitrogens with one attached hydrogen (secondary N) is 1. The number of carbonyl (C=O) groups is 1. The van der Waals surface area contributed by atoms with Crippen LogP contribution in [0.3, 0.4) is 0 Å². The monoisotopic (exact) mass is 395 g/mol. The molecule has 1 aromatic heterocycles. The third kappa shape index (κ3) is 5.20. The first-order valence-electron chi connectivity index (χ1n) is 9.45. The summed E-state index contributed by atoms with van der Waals surface area (Å²) in [5.74, 6) is -0.865. The van der Waals surface area contributed by atoms with Crippen molar-refractivity contribution in [2.45, 2.75) is 6.54 Å². The Labute approximate surface area is 170 Å². The first-order valence-corrected chi connectivity index (χ1v) is 9.45. The van der Waals surface area contributed by atoms with E-state index in [1.165, 1.54) is 12.1 Å². The highest BCUT2D eigenvalue weighted by Crippen LogP contribution is 2.25. The molecule has 0 unspecified atom stereocenters. The molecule has 0 spiro atoms. The van der Waals surface area contributed by atoms with E-state index in [4.69, 9.17) is 0 Å². The number of aromatic amines is 1. The molecule has 1 heterocycles. The average molecular weight is 395 g/mol. The number of hydrogen-bond acceptors (Lipinski definition) is 4. The Bertz CT molecular complexity index is 942. The van der Waals surface area contributed by atoms with Crippen molar-refractivity contribution >= 4 is 17.3 Å². The van der Waals surface area contributed by atoms with Crippen molar-refractivity contribution in [3.05, 3.63) is 78.1 Å². The molecule has 2 aromatic carbocycles. The maximum atomic E-state index is 14.3. The van der Waals surface area contributed by atoms with Crippen molar-refractivity contribution in [1.82, 2.24) is 14.9 Å². The molecule has 0 saturated carbocycles. The number of rotatable bonds is 8. The fraction of sp³-hybridized carbons (Fsp3) is 0.273. The summed E-state index contributed by atoms with van der Waals surface area (Å²) in [5, 5.41) is 0. The number of likely N-dealkylation sites (N-methyl/N-ethyl adjacent to an activating group) is 1. The number of imidazole rings is 1. The summed E-state index contributed by atoms with van der Waals surface area (Å²) in [6.07, 6.45) is 3.50. The molecule has 0 bridgehead atoms. The molecular weight excluding hydrogens is 369 g/mol. The van der Waals surface area contributed by atoms with Gasteiger partial charge in [-0.25, -0.2) is 9.37 Å². The zero-order valence-corrected chi connectivity index (χ0v) is 17.0. The van der Waals surface area contributed by atoms with Crippen molar-refractivity contribution in [3.8, 4) is 0 Å². The van der Waals surface area contributed by atoms with Crippen LogP contribution >= 0.6 is 0 Å². The molecule has 6 nitrogen and oxygen atoms in total. The number of halogens is 1. The zero-order chi connectivity index (χ0) is 20.8. The van der Waals surface area contributed by atoms with E-state index in [9.17, 15) is 9.18 Å². The van der Waals surface area contributed by atoms with Crippen molar-refractivity contribution in [2.75, 3.05) is 44.0 Å². The summed E-state index contributed by atoms with van der Waals surface area (Å²) in [6, 6.07) is 13.8. The summed E-state index contributed by atoms with van der Waals surface area (Å²) in [5.41, 5.74) is 2.67. The van der Waals surface area contributed by atoms with Crippen LogP contribution in [-0.4, -0.2) is 55.0 Å². The number of amides is 1. The molecule has 0 fully saturated rings. The minimum atomic E-state index is -0.515. The molecule has 0 aliphatic carbocycles. The van der Waals surface area contributed by atoms with Crippen LogP contribution in [0.4, 0.5) is 15.8 Å². The van der Waals surface area contributed by atoms with E-state index in [-0.39, 0.29) is 11.5 Å². The fourth-order valence-electron chi connectivity index (χ4n) is 3.04. The van der Waals surface area contributed by atoms with E-state index >= 15 is 0 Å². The van der Waals surface area contributed by atoms with Crippen molar-refractivity contribution in [2.24, 2.45) is 0 Å². The molecule has 0 saturated heterocycles. The summed E-state index contributed by atoms with van der Waals surface area (Å²) >= 11 is 0.